The van der Waals surface area contributed by atoms with E-state index >= 15 is 0 Å². The van der Waals surface area contributed by atoms with Gasteiger partial charge in [0.05, 0.1) is 11.4 Å². The summed E-state index contributed by atoms with van der Waals surface area (Å²) in [5.74, 6) is -0.331. The van der Waals surface area contributed by atoms with E-state index in [9.17, 15) is 9.18 Å². The van der Waals surface area contributed by atoms with Crippen molar-refractivity contribution in [3.8, 4) is 0 Å². The molecule has 0 unspecified atom stereocenters. The summed E-state index contributed by atoms with van der Waals surface area (Å²) in [6, 6.07) is 4.54. The second-order valence-corrected chi connectivity index (χ2v) is 6.61. The van der Waals surface area contributed by atoms with Crippen LogP contribution in [0.2, 0.25) is 0 Å². The fourth-order valence-electron chi connectivity index (χ4n) is 2.55. The molecule has 1 saturated heterocycles. The molecule has 0 saturated carbocycles. The molecule has 0 atom stereocenters. The molecule has 6 heteroatoms. The van der Waals surface area contributed by atoms with Crippen molar-refractivity contribution in [3.05, 3.63) is 24.0 Å². The highest BCUT2D eigenvalue weighted by Gasteiger charge is 2.24. The molecule has 3 N–H and O–H groups in total. The Hall–Kier alpha value is -1.98. The zero-order valence-electron chi connectivity index (χ0n) is 19.4. The third-order valence-corrected chi connectivity index (χ3v) is 3.55. The molecule has 1 amide bonds. The molecule has 2 rings (SSSR count). The van der Waals surface area contributed by atoms with Gasteiger partial charge in [0.2, 0.25) is 0 Å². The Bertz CT molecular complexity index is 537. The van der Waals surface area contributed by atoms with Gasteiger partial charge in [0.15, 0.2) is 0 Å². The summed E-state index contributed by atoms with van der Waals surface area (Å²) in [4.78, 5) is 13.9. The molecule has 5 nitrogen and oxygen atoms in total. The number of alkyl carbamates (subject to hydrolysis) is 1. The van der Waals surface area contributed by atoms with Crippen molar-refractivity contribution in [2.75, 3.05) is 23.7 Å². The summed E-state index contributed by atoms with van der Waals surface area (Å²) in [6.45, 7) is 19.0. The van der Waals surface area contributed by atoms with E-state index in [0.29, 0.717) is 5.69 Å². The van der Waals surface area contributed by atoms with E-state index in [2.05, 4.69) is 10.2 Å². The number of benzene rings is 1. The van der Waals surface area contributed by atoms with Crippen molar-refractivity contribution in [2.24, 2.45) is 0 Å². The minimum absolute atomic E-state index is 0.0905. The number of nitrogens with one attached hydrogen (secondary N) is 1. The van der Waals surface area contributed by atoms with Crippen LogP contribution in [0, 0.1) is 5.82 Å². The second kappa shape index (κ2) is 15.0. The number of nitrogen functional groups attached to an aromatic ring is 1. The normalized spacial score (nSPS) is 13.6. The molecular formula is C22H42FN3O2. The lowest BCUT2D eigenvalue weighted by molar-refractivity contribution is 0.0497. The number of ether oxygens (including phenoxy) is 1. The number of nitrogens with two attached hydrogens (primary N) is 1. The van der Waals surface area contributed by atoms with E-state index in [4.69, 9.17) is 10.5 Å². The highest BCUT2D eigenvalue weighted by Crippen LogP contribution is 2.27. The first kappa shape index (κ1) is 28.2. The van der Waals surface area contributed by atoms with Crippen molar-refractivity contribution >= 4 is 17.5 Å². The molecule has 1 aliphatic rings. The zero-order valence-corrected chi connectivity index (χ0v) is 19.4. The smallest absolute Gasteiger partial charge is 0.407 e. The molecule has 1 fully saturated rings. The molecule has 0 radical (unpaired) electrons. The van der Waals surface area contributed by atoms with E-state index in [0.717, 1.165) is 31.6 Å². The molecular weight excluding hydrogens is 357 g/mol. The van der Waals surface area contributed by atoms with Crippen molar-refractivity contribution in [1.82, 2.24) is 5.32 Å². The number of piperidine rings is 1. The van der Waals surface area contributed by atoms with Gasteiger partial charge < -0.3 is 20.7 Å². The average molecular weight is 400 g/mol. The molecule has 0 aromatic heterocycles. The van der Waals surface area contributed by atoms with Gasteiger partial charge >= 0.3 is 6.09 Å². The van der Waals surface area contributed by atoms with Gasteiger partial charge in [0, 0.05) is 19.1 Å². The highest BCUT2D eigenvalue weighted by atomic mass is 19.1. The molecule has 28 heavy (non-hydrogen) atoms. The summed E-state index contributed by atoms with van der Waals surface area (Å²) < 4.78 is 18.4. The van der Waals surface area contributed by atoms with Crippen LogP contribution in [0.15, 0.2) is 18.2 Å². The third kappa shape index (κ3) is 11.0. The largest absolute Gasteiger partial charge is 0.444 e. The van der Waals surface area contributed by atoms with Gasteiger partial charge in [0.25, 0.3) is 0 Å². The van der Waals surface area contributed by atoms with Crippen LogP contribution in [-0.2, 0) is 4.74 Å². The van der Waals surface area contributed by atoms with Crippen molar-refractivity contribution < 1.29 is 13.9 Å². The van der Waals surface area contributed by atoms with E-state index in [1.807, 2.05) is 62.3 Å². The Morgan fingerprint density at radius 3 is 2.04 bits per heavy atom. The number of carbonyl (C=O) groups excluding carboxylic acids is 1. The van der Waals surface area contributed by atoms with Gasteiger partial charge in [-0.2, -0.15) is 0 Å². The van der Waals surface area contributed by atoms with Crippen LogP contribution in [-0.4, -0.2) is 30.8 Å². The van der Waals surface area contributed by atoms with Crippen LogP contribution in [0.25, 0.3) is 0 Å². The van der Waals surface area contributed by atoms with Crippen molar-refractivity contribution in [2.45, 2.75) is 86.8 Å². The maximum absolute atomic E-state index is 13.1. The van der Waals surface area contributed by atoms with Gasteiger partial charge in [-0.1, -0.05) is 41.5 Å². The molecule has 1 aromatic carbocycles. The minimum atomic E-state index is -0.493. The van der Waals surface area contributed by atoms with Gasteiger partial charge in [-0.05, 0) is 51.8 Å². The Labute approximate surface area is 171 Å². The van der Waals surface area contributed by atoms with Crippen LogP contribution < -0.4 is 16.0 Å². The number of nitrogens with zero attached hydrogens (tertiary/aromatic N) is 1. The van der Waals surface area contributed by atoms with E-state index < -0.39 is 5.60 Å². The summed E-state index contributed by atoms with van der Waals surface area (Å²) in [5.41, 5.74) is 6.66. The molecule has 0 aliphatic carbocycles. The Morgan fingerprint density at radius 1 is 1.11 bits per heavy atom. The maximum atomic E-state index is 13.1. The Balaban J connectivity index is 0. The van der Waals surface area contributed by atoms with Crippen LogP contribution in [0.5, 0.6) is 0 Å². The molecule has 1 aromatic rings. The molecule has 164 valence electrons. The number of anilines is 2. The van der Waals surface area contributed by atoms with Crippen molar-refractivity contribution in [3.63, 3.8) is 0 Å². The Kier molecular flexibility index (Phi) is 15.1. The van der Waals surface area contributed by atoms with Crippen LogP contribution >= 0.6 is 0 Å². The molecule has 0 bridgehead atoms. The van der Waals surface area contributed by atoms with E-state index in [-0.39, 0.29) is 18.0 Å². The zero-order chi connectivity index (χ0) is 22.3. The van der Waals surface area contributed by atoms with Gasteiger partial charge in [-0.25, -0.2) is 9.18 Å². The average Bonchev–Trinajstić information content (AvgIpc) is 2.66. The summed E-state index contributed by atoms with van der Waals surface area (Å²) in [5, 5.41) is 2.89. The Morgan fingerprint density at radius 2 is 1.61 bits per heavy atom. The van der Waals surface area contributed by atoms with Gasteiger partial charge in [-0.3, -0.25) is 0 Å². The van der Waals surface area contributed by atoms with Gasteiger partial charge in [-0.15, -0.1) is 0 Å². The summed E-state index contributed by atoms with van der Waals surface area (Å²) >= 11 is 0. The highest BCUT2D eigenvalue weighted by molar-refractivity contribution is 5.69. The number of hydrogen-bond donors (Lipinski definition) is 2. The second-order valence-electron chi connectivity index (χ2n) is 6.61. The molecule has 1 heterocycles. The fraction of sp³-hybridized carbons (Fsp3) is 0.682. The molecule has 1 aliphatic heterocycles. The van der Waals surface area contributed by atoms with Crippen molar-refractivity contribution in [1.29, 1.82) is 0 Å². The topological polar surface area (TPSA) is 67.6 Å². The number of rotatable bonds is 2. The number of halogens is 1. The summed E-state index contributed by atoms with van der Waals surface area (Å²) in [7, 11) is 0. The van der Waals surface area contributed by atoms with E-state index in [1.165, 1.54) is 12.1 Å². The first-order valence-corrected chi connectivity index (χ1v) is 10.5. The summed E-state index contributed by atoms with van der Waals surface area (Å²) in [6.07, 6.45) is 1.22. The maximum Gasteiger partial charge on any atom is 0.407 e. The minimum Gasteiger partial charge on any atom is -0.444 e. The predicted octanol–water partition coefficient (Wildman–Crippen LogP) is 5.98. The quantitative estimate of drug-likeness (QED) is 0.600. The van der Waals surface area contributed by atoms with Crippen LogP contribution in [0.3, 0.4) is 0 Å². The lowest BCUT2D eigenvalue weighted by Crippen LogP contribution is -2.46. The lowest BCUT2D eigenvalue weighted by Gasteiger charge is -2.34. The fourth-order valence-corrected chi connectivity index (χ4v) is 2.55. The monoisotopic (exact) mass is 399 g/mol. The first-order valence-electron chi connectivity index (χ1n) is 10.5. The standard InChI is InChI=1S/C16H24FN3O2.3C2H6/c1-16(2,3)22-15(21)19-12-6-8-20(9-7-12)14-5-4-11(17)10-13(14)18;3*1-2/h4-5,10,12H,6-9,18H2,1-3H3,(H,19,21);3*1-2H3. The first-order chi connectivity index (χ1) is 13.2. The SMILES string of the molecule is CC.CC.CC.CC(C)(C)OC(=O)NC1CCN(c2ccc(F)cc2N)CC1. The predicted molar refractivity (Wildman–Crippen MR) is 119 cm³/mol. The number of carbonyl (C=O) groups is 1. The van der Waals surface area contributed by atoms with Gasteiger partial charge in [0.1, 0.15) is 11.4 Å². The lowest BCUT2D eigenvalue weighted by atomic mass is 10.0. The van der Waals surface area contributed by atoms with Crippen LogP contribution in [0.1, 0.15) is 75.2 Å². The molecule has 0 spiro atoms. The number of amides is 1. The third-order valence-electron chi connectivity index (χ3n) is 3.55. The van der Waals surface area contributed by atoms with E-state index in [1.54, 1.807) is 6.07 Å². The number of hydrogen-bond acceptors (Lipinski definition) is 4. The van der Waals surface area contributed by atoms with Crippen LogP contribution in [0.4, 0.5) is 20.6 Å².